The lowest BCUT2D eigenvalue weighted by Crippen LogP contribution is -2.41. The minimum atomic E-state index is -4.54. The van der Waals surface area contributed by atoms with Crippen LogP contribution in [0.4, 0.5) is 13.2 Å². The van der Waals surface area contributed by atoms with Crippen LogP contribution in [-0.4, -0.2) is 50.2 Å². The smallest absolute Gasteiger partial charge is 0.416 e. The predicted octanol–water partition coefficient (Wildman–Crippen LogP) is 7.01. The van der Waals surface area contributed by atoms with E-state index < -0.39 is 23.4 Å². The summed E-state index contributed by atoms with van der Waals surface area (Å²) in [5.74, 6) is 1.20. The number of carbonyl (C=O) groups is 1. The Labute approximate surface area is 260 Å². The number of benzene rings is 3. The number of aliphatic hydroxyl groups is 1. The second-order valence-electron chi connectivity index (χ2n) is 12.3. The van der Waals surface area contributed by atoms with Crippen LogP contribution in [0.2, 0.25) is 0 Å². The van der Waals surface area contributed by atoms with Crippen LogP contribution in [0.25, 0.3) is 11.1 Å². The molecule has 0 aromatic heterocycles. The number of rotatable bonds is 8. The second-order valence-corrected chi connectivity index (χ2v) is 12.3. The van der Waals surface area contributed by atoms with Gasteiger partial charge in [-0.2, -0.15) is 13.2 Å². The number of ether oxygens (including phenoxy) is 5. The number of fused-ring (bicyclic) bond motifs is 2. The molecule has 2 aliphatic heterocycles. The molecular weight excluding hydrogens is 589 g/mol. The fourth-order valence-electron chi connectivity index (χ4n) is 6.69. The van der Waals surface area contributed by atoms with Crippen LogP contribution in [-0.2, 0) is 26.9 Å². The Kier molecular flexibility index (Phi) is 8.47. The summed E-state index contributed by atoms with van der Waals surface area (Å²) in [5, 5.41) is 10.8. The van der Waals surface area contributed by atoms with Gasteiger partial charge in [-0.05, 0) is 90.4 Å². The van der Waals surface area contributed by atoms with Gasteiger partial charge in [0.05, 0.1) is 25.7 Å². The van der Waals surface area contributed by atoms with Crippen LogP contribution in [0.5, 0.6) is 17.2 Å². The summed E-state index contributed by atoms with van der Waals surface area (Å²) in [6.45, 7) is 5.14. The van der Waals surface area contributed by atoms with Gasteiger partial charge in [-0.25, -0.2) is 0 Å². The van der Waals surface area contributed by atoms with Gasteiger partial charge in [0.1, 0.15) is 35.6 Å². The maximum atomic E-state index is 14.2. The topological polar surface area (TPSA) is 83.5 Å². The summed E-state index contributed by atoms with van der Waals surface area (Å²) >= 11 is 0. The molecule has 1 fully saturated rings. The zero-order valence-corrected chi connectivity index (χ0v) is 25.6. The molecular formula is C35H37F3O7. The van der Waals surface area contributed by atoms with Crippen molar-refractivity contribution < 1.29 is 46.8 Å². The molecule has 0 saturated carbocycles. The second kappa shape index (κ2) is 12.2. The van der Waals surface area contributed by atoms with Gasteiger partial charge < -0.3 is 28.8 Å². The highest BCUT2D eigenvalue weighted by Gasteiger charge is 2.37. The standard InChI is InChI=1S/C35H37F3O7/c1-20-12-25(44-19-34(40)8-10-42-11-9-34)13-21(2)33(20)29-16-23(35(36,37)38)15-28-27(29)6-7-30(28)45-24-4-5-26-22(14-32(39)41-3)18-43-31(26)17-24/h4-5,12-13,15-17,22,30,40H,6-11,14,18-19H2,1-3H3/t22-,30?/m1/s1. The normalized spacial score (nSPS) is 20.2. The van der Waals surface area contributed by atoms with Crippen molar-refractivity contribution in [3.63, 3.8) is 0 Å². The van der Waals surface area contributed by atoms with Gasteiger partial charge in [0, 0.05) is 43.6 Å². The average Bonchev–Trinajstić information content (AvgIpc) is 3.59. The van der Waals surface area contributed by atoms with Crippen LogP contribution in [0, 0.1) is 13.8 Å². The summed E-state index contributed by atoms with van der Waals surface area (Å²) in [4.78, 5) is 11.8. The summed E-state index contributed by atoms with van der Waals surface area (Å²) in [5.41, 5.74) is 3.38. The highest BCUT2D eigenvalue weighted by Crippen LogP contribution is 2.47. The van der Waals surface area contributed by atoms with Crippen molar-refractivity contribution >= 4 is 5.97 Å². The Hall–Kier alpha value is -3.76. The summed E-state index contributed by atoms with van der Waals surface area (Å²) < 4.78 is 71.0. The van der Waals surface area contributed by atoms with Crippen LogP contribution in [0.1, 0.15) is 71.1 Å². The molecule has 45 heavy (non-hydrogen) atoms. The molecule has 0 radical (unpaired) electrons. The maximum Gasteiger partial charge on any atom is 0.416 e. The Bertz CT molecular complexity index is 1570. The lowest BCUT2D eigenvalue weighted by atomic mass is 9.88. The van der Waals surface area contributed by atoms with Crippen molar-refractivity contribution in [3.8, 4) is 28.4 Å². The fraction of sp³-hybridized carbons (Fsp3) is 0.457. The average molecular weight is 627 g/mol. The Morgan fingerprint density at radius 1 is 1.02 bits per heavy atom. The fourth-order valence-corrected chi connectivity index (χ4v) is 6.69. The lowest BCUT2D eigenvalue weighted by molar-refractivity contribution is -0.141. The number of aryl methyl sites for hydroxylation is 2. The van der Waals surface area contributed by atoms with Gasteiger partial charge in [0.15, 0.2) is 0 Å². The molecule has 3 aliphatic rings. The first-order valence-electron chi connectivity index (χ1n) is 15.2. The summed E-state index contributed by atoms with van der Waals surface area (Å²) in [6.07, 6.45) is -2.87. The third kappa shape index (κ3) is 6.49. The van der Waals surface area contributed by atoms with E-state index in [0.29, 0.717) is 73.9 Å². The molecule has 240 valence electrons. The Morgan fingerprint density at radius 3 is 2.44 bits per heavy atom. The van der Waals surface area contributed by atoms with E-state index in [1.165, 1.54) is 19.2 Å². The minimum Gasteiger partial charge on any atom is -0.492 e. The summed E-state index contributed by atoms with van der Waals surface area (Å²) in [7, 11) is 1.35. The quantitative estimate of drug-likeness (QED) is 0.269. The van der Waals surface area contributed by atoms with E-state index in [0.717, 1.165) is 27.8 Å². The molecule has 0 bridgehead atoms. The largest absolute Gasteiger partial charge is 0.492 e. The molecule has 1 N–H and O–H groups in total. The third-order valence-electron chi connectivity index (χ3n) is 9.11. The molecule has 1 saturated heterocycles. The number of halogens is 3. The molecule has 1 aliphatic carbocycles. The van der Waals surface area contributed by atoms with Crippen molar-refractivity contribution in [2.45, 2.75) is 69.8 Å². The van der Waals surface area contributed by atoms with Gasteiger partial charge >= 0.3 is 12.1 Å². The van der Waals surface area contributed by atoms with Crippen LogP contribution in [0.3, 0.4) is 0 Å². The van der Waals surface area contributed by atoms with E-state index >= 15 is 0 Å². The molecule has 7 nitrogen and oxygen atoms in total. The number of alkyl halides is 3. The minimum absolute atomic E-state index is 0.117. The van der Waals surface area contributed by atoms with Crippen LogP contribution < -0.4 is 14.2 Å². The first-order valence-corrected chi connectivity index (χ1v) is 15.2. The van der Waals surface area contributed by atoms with Gasteiger partial charge in [0.25, 0.3) is 0 Å². The van der Waals surface area contributed by atoms with Crippen molar-refractivity contribution in [1.29, 1.82) is 0 Å². The Morgan fingerprint density at radius 2 is 1.76 bits per heavy atom. The third-order valence-corrected chi connectivity index (χ3v) is 9.11. The van der Waals surface area contributed by atoms with Crippen molar-refractivity contribution in [1.82, 2.24) is 0 Å². The highest BCUT2D eigenvalue weighted by molar-refractivity contribution is 5.77. The van der Waals surface area contributed by atoms with E-state index in [9.17, 15) is 23.1 Å². The number of hydrogen-bond donors (Lipinski definition) is 1. The molecule has 3 aromatic carbocycles. The monoisotopic (exact) mass is 626 g/mol. The molecule has 2 atom stereocenters. The van der Waals surface area contributed by atoms with E-state index in [1.54, 1.807) is 12.1 Å². The number of hydrogen-bond acceptors (Lipinski definition) is 7. The van der Waals surface area contributed by atoms with E-state index in [-0.39, 0.29) is 24.9 Å². The summed E-state index contributed by atoms with van der Waals surface area (Å²) in [6, 6.07) is 11.4. The van der Waals surface area contributed by atoms with E-state index in [2.05, 4.69) is 0 Å². The van der Waals surface area contributed by atoms with Gasteiger partial charge in [-0.1, -0.05) is 6.07 Å². The van der Waals surface area contributed by atoms with Crippen molar-refractivity contribution in [2.75, 3.05) is 33.5 Å². The Balaban J connectivity index is 1.28. The lowest BCUT2D eigenvalue weighted by Gasteiger charge is -2.31. The maximum absolute atomic E-state index is 14.2. The number of methoxy groups -OCH3 is 1. The van der Waals surface area contributed by atoms with E-state index in [1.807, 2.05) is 32.0 Å². The zero-order chi connectivity index (χ0) is 31.9. The van der Waals surface area contributed by atoms with Gasteiger partial charge in [-0.15, -0.1) is 0 Å². The predicted molar refractivity (Wildman–Crippen MR) is 160 cm³/mol. The molecule has 10 heteroatoms. The SMILES string of the molecule is COC(=O)C[C@@H]1COc2cc(OC3CCc4c(-c5c(C)cc(OCC6(O)CCOCC6)cc5C)cc(C(F)(F)F)cc43)ccc21. The van der Waals surface area contributed by atoms with Crippen molar-refractivity contribution in [2.24, 2.45) is 0 Å². The first-order chi connectivity index (χ1) is 21.4. The molecule has 2 heterocycles. The molecule has 1 unspecified atom stereocenters. The van der Waals surface area contributed by atoms with Gasteiger partial charge in [0.2, 0.25) is 0 Å². The molecule has 0 amide bonds. The highest BCUT2D eigenvalue weighted by atomic mass is 19.4. The molecule has 0 spiro atoms. The van der Waals surface area contributed by atoms with Gasteiger partial charge in [-0.3, -0.25) is 4.79 Å². The molecule has 3 aromatic rings. The first kappa shape index (κ1) is 31.2. The van der Waals surface area contributed by atoms with Crippen LogP contribution in [0.15, 0.2) is 42.5 Å². The number of esters is 1. The zero-order valence-electron chi connectivity index (χ0n) is 25.6. The number of carbonyl (C=O) groups excluding carboxylic acids is 1. The molecule has 6 rings (SSSR count). The van der Waals surface area contributed by atoms with E-state index in [4.69, 9.17) is 23.7 Å². The van der Waals surface area contributed by atoms with Crippen molar-refractivity contribution in [3.05, 3.63) is 75.8 Å². The van der Waals surface area contributed by atoms with Crippen LogP contribution >= 0.6 is 0 Å².